The summed E-state index contributed by atoms with van der Waals surface area (Å²) >= 11 is 3.21. The van der Waals surface area contributed by atoms with Crippen LogP contribution in [-0.2, 0) is 12.8 Å². The van der Waals surface area contributed by atoms with Crippen LogP contribution < -0.4 is 0 Å². The largest absolute Gasteiger partial charge is 0.388 e. The number of aromatic nitrogens is 4. The predicted molar refractivity (Wildman–Crippen MR) is 233 cm³/mol. The first-order valence-electron chi connectivity index (χ1n) is 19.5. The molecule has 0 amide bonds. The Hall–Kier alpha value is -4.77. The van der Waals surface area contributed by atoms with E-state index in [1.54, 1.807) is 46.9 Å². The summed E-state index contributed by atoms with van der Waals surface area (Å²) < 4.78 is 30.4. The third kappa shape index (κ3) is 7.28. The molecule has 10 heteroatoms. The minimum Gasteiger partial charge on any atom is -0.388 e. The van der Waals surface area contributed by atoms with Crippen LogP contribution in [0.3, 0.4) is 0 Å². The van der Waals surface area contributed by atoms with Crippen LogP contribution in [0, 0.1) is 34.3 Å². The fourth-order valence-electron chi connectivity index (χ4n) is 9.90. The summed E-state index contributed by atoms with van der Waals surface area (Å²) in [7, 11) is 0. The van der Waals surface area contributed by atoms with Crippen LogP contribution in [0.1, 0.15) is 112 Å². The van der Waals surface area contributed by atoms with Crippen molar-refractivity contribution in [3.63, 3.8) is 0 Å². The Balaban J connectivity index is 0.000000171. The van der Waals surface area contributed by atoms with E-state index in [0.29, 0.717) is 0 Å². The number of thiophene rings is 2. The Morgan fingerprint density at radius 3 is 1.79 bits per heavy atom. The van der Waals surface area contributed by atoms with Gasteiger partial charge >= 0.3 is 0 Å². The molecule has 0 aliphatic heterocycles. The molecule has 6 nitrogen and oxygen atoms in total. The normalized spacial score (nSPS) is 23.5. The van der Waals surface area contributed by atoms with Gasteiger partial charge in [0.05, 0.1) is 41.3 Å². The van der Waals surface area contributed by atoms with Gasteiger partial charge in [-0.05, 0) is 168 Å². The van der Waals surface area contributed by atoms with E-state index in [2.05, 4.69) is 41.6 Å². The SMILES string of the molecule is C.C.C[C@]12Cc3cnn(-c4ccc(F)cc4)c3C=C1CCC[C@@H]2C(=O)c1ccsc1.C[C@]12Cc3cnn(-c4ccc(F)cc4)c3C=C1CCC[C@@H]2[C@@H](O)c1ccsc1. The third-order valence-corrected chi connectivity index (χ3v) is 14.4. The average molecular weight is 819 g/mol. The Kier molecular flexibility index (Phi) is 11.8. The summed E-state index contributed by atoms with van der Waals surface area (Å²) in [5.41, 5.74) is 10.6. The van der Waals surface area contributed by atoms with E-state index in [0.717, 1.165) is 90.8 Å². The van der Waals surface area contributed by atoms with E-state index in [9.17, 15) is 18.7 Å². The highest BCUT2D eigenvalue weighted by molar-refractivity contribution is 7.08. The van der Waals surface area contributed by atoms with Gasteiger partial charge in [-0.3, -0.25) is 4.79 Å². The van der Waals surface area contributed by atoms with Crippen LogP contribution in [0.2, 0.25) is 0 Å². The first-order chi connectivity index (χ1) is 27.1. The van der Waals surface area contributed by atoms with Crippen molar-refractivity contribution in [3.8, 4) is 11.4 Å². The van der Waals surface area contributed by atoms with Gasteiger partial charge in [-0.25, -0.2) is 18.1 Å². The number of rotatable bonds is 6. The Labute approximate surface area is 348 Å². The van der Waals surface area contributed by atoms with Gasteiger partial charge in [-0.1, -0.05) is 39.8 Å². The lowest BCUT2D eigenvalue weighted by atomic mass is 9.58. The smallest absolute Gasteiger partial charge is 0.167 e. The average Bonchev–Trinajstić information content (AvgIpc) is 4.04. The molecule has 302 valence electrons. The topological polar surface area (TPSA) is 72.9 Å². The van der Waals surface area contributed by atoms with Gasteiger partial charge in [0, 0.05) is 22.3 Å². The van der Waals surface area contributed by atoms with Crippen molar-refractivity contribution in [1.29, 1.82) is 0 Å². The monoisotopic (exact) mass is 818 g/mol. The molecule has 0 saturated heterocycles. The maximum atomic E-state index is 13.3. The molecule has 4 aliphatic carbocycles. The maximum absolute atomic E-state index is 13.3. The van der Waals surface area contributed by atoms with Crippen LogP contribution in [0.4, 0.5) is 8.78 Å². The van der Waals surface area contributed by atoms with Crippen LogP contribution in [-0.4, -0.2) is 30.5 Å². The van der Waals surface area contributed by atoms with Crippen LogP contribution in [0.15, 0.2) is 106 Å². The first kappa shape index (κ1) is 41.4. The van der Waals surface area contributed by atoms with Crippen molar-refractivity contribution in [1.82, 2.24) is 19.6 Å². The molecule has 10 rings (SSSR count). The summed E-state index contributed by atoms with van der Waals surface area (Å²) in [6.07, 6.45) is 15.7. The van der Waals surface area contributed by atoms with Gasteiger partial charge < -0.3 is 5.11 Å². The number of aliphatic hydroxyl groups is 1. The number of aliphatic hydroxyl groups excluding tert-OH is 1. The van der Waals surface area contributed by atoms with Gasteiger partial charge in [-0.15, -0.1) is 0 Å². The zero-order valence-electron chi connectivity index (χ0n) is 31.5. The minimum absolute atomic E-state index is 0. The van der Waals surface area contributed by atoms with Crippen LogP contribution in [0.5, 0.6) is 0 Å². The Morgan fingerprint density at radius 2 is 1.26 bits per heavy atom. The number of benzene rings is 2. The number of ketones is 1. The lowest BCUT2D eigenvalue weighted by Crippen LogP contribution is -2.41. The second-order valence-corrected chi connectivity index (χ2v) is 17.8. The summed E-state index contributed by atoms with van der Waals surface area (Å²) in [5.74, 6) is -0.0245. The molecular formula is C48H52F2N4O2S2. The zero-order valence-corrected chi connectivity index (χ0v) is 33.1. The highest BCUT2D eigenvalue weighted by atomic mass is 32.1. The van der Waals surface area contributed by atoms with E-state index in [4.69, 9.17) is 0 Å². The van der Waals surface area contributed by atoms with Gasteiger partial charge in [0.25, 0.3) is 0 Å². The second-order valence-electron chi connectivity index (χ2n) is 16.2. The summed E-state index contributed by atoms with van der Waals surface area (Å²) in [5, 5.41) is 28.3. The summed E-state index contributed by atoms with van der Waals surface area (Å²) in [4.78, 5) is 13.2. The van der Waals surface area contributed by atoms with Crippen LogP contribution >= 0.6 is 22.7 Å². The molecule has 0 unspecified atom stereocenters. The lowest BCUT2D eigenvalue weighted by Gasteiger charge is -2.47. The van der Waals surface area contributed by atoms with Crippen molar-refractivity contribution >= 4 is 40.6 Å². The quantitative estimate of drug-likeness (QED) is 0.170. The van der Waals surface area contributed by atoms with Crippen molar-refractivity contribution < 1.29 is 18.7 Å². The highest BCUT2D eigenvalue weighted by Gasteiger charge is 2.48. The molecule has 2 saturated carbocycles. The van der Waals surface area contributed by atoms with E-state index in [1.807, 2.05) is 50.0 Å². The number of allylic oxidation sites excluding steroid dienone is 2. The molecule has 4 aliphatic rings. The molecule has 5 atom stereocenters. The third-order valence-electron chi connectivity index (χ3n) is 13.0. The minimum atomic E-state index is -0.436. The van der Waals surface area contributed by atoms with Gasteiger partial charge in [-0.2, -0.15) is 32.9 Å². The molecule has 1 N–H and O–H groups in total. The summed E-state index contributed by atoms with van der Waals surface area (Å²) in [6.45, 7) is 4.54. The number of hydrogen-bond acceptors (Lipinski definition) is 6. The number of halogens is 2. The van der Waals surface area contributed by atoms with Gasteiger partial charge in [0.1, 0.15) is 11.6 Å². The maximum Gasteiger partial charge on any atom is 0.167 e. The second kappa shape index (κ2) is 16.5. The number of hydrogen-bond donors (Lipinski definition) is 1. The fraction of sp³-hybridized carbons (Fsp3) is 0.354. The fourth-order valence-corrected chi connectivity index (χ4v) is 11.2. The molecule has 4 heterocycles. The Bertz CT molecular complexity index is 2430. The molecule has 2 fully saturated rings. The molecule has 0 bridgehead atoms. The number of carbonyl (C=O) groups is 1. The molecule has 0 spiro atoms. The molecule has 6 aromatic rings. The van der Waals surface area contributed by atoms with E-state index in [-0.39, 0.29) is 54.9 Å². The van der Waals surface area contributed by atoms with Gasteiger partial charge in [0.2, 0.25) is 0 Å². The molecular weight excluding hydrogens is 767 g/mol. The molecule has 2 aromatic carbocycles. The van der Waals surface area contributed by atoms with Crippen molar-refractivity contribution in [2.45, 2.75) is 86.2 Å². The molecule has 4 aromatic heterocycles. The number of nitrogens with zero attached hydrogens (tertiary/aromatic N) is 4. The van der Waals surface area contributed by atoms with Crippen molar-refractivity contribution in [3.05, 3.63) is 151 Å². The van der Waals surface area contributed by atoms with Crippen molar-refractivity contribution in [2.24, 2.45) is 22.7 Å². The predicted octanol–water partition coefficient (Wildman–Crippen LogP) is 12.5. The van der Waals surface area contributed by atoms with Gasteiger partial charge in [0.15, 0.2) is 5.78 Å². The summed E-state index contributed by atoms with van der Waals surface area (Å²) in [6, 6.07) is 16.9. The number of Topliss-reactive ketones (excluding diaryl/α,β-unsaturated/α-hetero) is 1. The van der Waals surface area contributed by atoms with Crippen molar-refractivity contribution in [2.75, 3.05) is 0 Å². The van der Waals surface area contributed by atoms with E-state index < -0.39 is 6.10 Å². The van der Waals surface area contributed by atoms with Crippen LogP contribution in [0.25, 0.3) is 23.5 Å². The van der Waals surface area contributed by atoms with E-state index in [1.165, 1.54) is 41.0 Å². The Morgan fingerprint density at radius 1 is 0.741 bits per heavy atom. The highest BCUT2D eigenvalue weighted by Crippen LogP contribution is 2.55. The lowest BCUT2D eigenvalue weighted by molar-refractivity contribution is 0.0219. The molecule has 58 heavy (non-hydrogen) atoms. The molecule has 0 radical (unpaired) electrons. The van der Waals surface area contributed by atoms with E-state index >= 15 is 0 Å². The zero-order chi connectivity index (χ0) is 38.6. The number of carbonyl (C=O) groups excluding carboxylic acids is 1. The first-order valence-corrected chi connectivity index (χ1v) is 21.4. The number of fused-ring (bicyclic) bond motifs is 4. The standard InChI is InChI=1S/C23H23FN2OS.C23H21FN2OS.2CH4/c2*1-23-12-16-13-25-26(19-7-5-18(24)6-8-19)21(16)11-17(23)3-2-4-20(23)22(27)15-9-10-28-14-15;;/h5-11,13-14,20,22,27H,2-4,12H2,1H3;5-11,13-14,20H,2-4,12H2,1H3;2*1H4/t20-,22+,23+;20-,23+;;/m11../s1.